The number of rotatable bonds is 6. The van der Waals surface area contributed by atoms with Crippen LogP contribution in [0.5, 0.6) is 0 Å². The van der Waals surface area contributed by atoms with Crippen LogP contribution in [0.3, 0.4) is 0 Å². The SMILES string of the molecule is CC(=O)c1ccc(NC(=O)NCC(C)(C)CN(C)C)cc1. The van der Waals surface area contributed by atoms with Crippen molar-refractivity contribution in [3.8, 4) is 0 Å². The molecule has 0 aliphatic rings. The van der Waals surface area contributed by atoms with Gasteiger partial charge in [0.25, 0.3) is 0 Å². The van der Waals surface area contributed by atoms with Crippen LogP contribution in [0.25, 0.3) is 0 Å². The summed E-state index contributed by atoms with van der Waals surface area (Å²) in [5, 5.41) is 5.63. The Morgan fingerprint density at radius 3 is 2.19 bits per heavy atom. The van der Waals surface area contributed by atoms with E-state index in [9.17, 15) is 9.59 Å². The van der Waals surface area contributed by atoms with Crippen molar-refractivity contribution >= 4 is 17.5 Å². The number of urea groups is 1. The normalized spacial score (nSPS) is 11.3. The number of anilines is 1. The molecule has 1 aromatic rings. The molecular weight excluding hydrogens is 266 g/mol. The van der Waals surface area contributed by atoms with Gasteiger partial charge in [-0.25, -0.2) is 4.79 Å². The van der Waals surface area contributed by atoms with E-state index in [1.807, 2.05) is 14.1 Å². The van der Waals surface area contributed by atoms with Gasteiger partial charge in [-0.1, -0.05) is 13.8 Å². The number of ketones is 1. The molecule has 0 aliphatic carbocycles. The van der Waals surface area contributed by atoms with E-state index in [0.29, 0.717) is 17.8 Å². The zero-order valence-electron chi connectivity index (χ0n) is 13.5. The zero-order chi connectivity index (χ0) is 16.0. The number of carbonyl (C=O) groups is 2. The summed E-state index contributed by atoms with van der Waals surface area (Å²) in [7, 11) is 4.02. The summed E-state index contributed by atoms with van der Waals surface area (Å²) in [6.45, 7) is 7.20. The van der Waals surface area contributed by atoms with Crippen molar-refractivity contribution in [2.75, 3.05) is 32.5 Å². The Kier molecular flexibility index (Phi) is 5.90. The van der Waals surface area contributed by atoms with Gasteiger partial charge in [0, 0.05) is 24.3 Å². The van der Waals surface area contributed by atoms with Gasteiger partial charge in [-0.3, -0.25) is 4.79 Å². The fraction of sp³-hybridized carbons (Fsp3) is 0.500. The van der Waals surface area contributed by atoms with Crippen LogP contribution in [-0.2, 0) is 0 Å². The molecule has 0 unspecified atom stereocenters. The summed E-state index contributed by atoms with van der Waals surface area (Å²) in [5.74, 6) is 0.0106. The van der Waals surface area contributed by atoms with Crippen LogP contribution in [0.1, 0.15) is 31.1 Å². The molecule has 0 atom stereocenters. The highest BCUT2D eigenvalue weighted by Gasteiger charge is 2.19. The lowest BCUT2D eigenvalue weighted by atomic mass is 9.93. The fourth-order valence-corrected chi connectivity index (χ4v) is 2.20. The van der Waals surface area contributed by atoms with Crippen LogP contribution in [0.15, 0.2) is 24.3 Å². The van der Waals surface area contributed by atoms with Crippen molar-refractivity contribution in [2.45, 2.75) is 20.8 Å². The maximum atomic E-state index is 11.9. The van der Waals surface area contributed by atoms with E-state index in [1.165, 1.54) is 6.92 Å². The first kappa shape index (κ1) is 17.2. The van der Waals surface area contributed by atoms with Crippen molar-refractivity contribution in [3.63, 3.8) is 0 Å². The van der Waals surface area contributed by atoms with Crippen LogP contribution >= 0.6 is 0 Å². The molecule has 1 aromatic carbocycles. The number of nitrogens with one attached hydrogen (secondary N) is 2. The van der Waals surface area contributed by atoms with E-state index in [0.717, 1.165) is 6.54 Å². The van der Waals surface area contributed by atoms with Crippen LogP contribution < -0.4 is 10.6 Å². The van der Waals surface area contributed by atoms with Crippen LogP contribution in [0.4, 0.5) is 10.5 Å². The van der Waals surface area contributed by atoms with Gasteiger partial charge in [-0.2, -0.15) is 0 Å². The second-order valence-electron chi connectivity index (χ2n) is 6.34. The third-order valence-electron chi connectivity index (χ3n) is 3.02. The predicted octanol–water partition coefficient (Wildman–Crippen LogP) is 2.60. The fourth-order valence-electron chi connectivity index (χ4n) is 2.20. The molecule has 2 amide bonds. The number of nitrogens with zero attached hydrogens (tertiary/aromatic N) is 1. The Morgan fingerprint density at radius 2 is 1.71 bits per heavy atom. The van der Waals surface area contributed by atoms with E-state index in [-0.39, 0.29) is 17.2 Å². The van der Waals surface area contributed by atoms with Crippen LogP contribution in [0, 0.1) is 5.41 Å². The lowest BCUT2D eigenvalue weighted by Crippen LogP contribution is -2.41. The van der Waals surface area contributed by atoms with Gasteiger partial charge in [-0.15, -0.1) is 0 Å². The first-order valence-electron chi connectivity index (χ1n) is 7.00. The number of Topliss-reactive ketones (excluding diaryl/α,β-unsaturated/α-hetero) is 1. The third kappa shape index (κ3) is 6.40. The molecule has 0 heterocycles. The molecule has 0 bridgehead atoms. The highest BCUT2D eigenvalue weighted by Crippen LogP contribution is 2.14. The highest BCUT2D eigenvalue weighted by molar-refractivity contribution is 5.95. The van der Waals surface area contributed by atoms with Crippen molar-refractivity contribution in [2.24, 2.45) is 5.41 Å². The third-order valence-corrected chi connectivity index (χ3v) is 3.02. The summed E-state index contributed by atoms with van der Waals surface area (Å²) in [4.78, 5) is 25.1. The summed E-state index contributed by atoms with van der Waals surface area (Å²) in [6, 6.07) is 6.61. The van der Waals surface area contributed by atoms with Gasteiger partial charge < -0.3 is 15.5 Å². The predicted molar refractivity (Wildman–Crippen MR) is 85.8 cm³/mol. The Labute approximate surface area is 126 Å². The maximum absolute atomic E-state index is 11.9. The Balaban J connectivity index is 2.48. The molecule has 1 rings (SSSR count). The maximum Gasteiger partial charge on any atom is 0.319 e. The molecule has 5 nitrogen and oxygen atoms in total. The molecule has 2 N–H and O–H groups in total. The van der Waals surface area contributed by atoms with Gasteiger partial charge >= 0.3 is 6.03 Å². The van der Waals surface area contributed by atoms with Gasteiger partial charge in [0.2, 0.25) is 0 Å². The minimum Gasteiger partial charge on any atom is -0.337 e. The number of benzene rings is 1. The summed E-state index contributed by atoms with van der Waals surface area (Å²) in [5.41, 5.74) is 1.30. The first-order valence-corrected chi connectivity index (χ1v) is 7.00. The first-order chi connectivity index (χ1) is 9.69. The molecule has 0 saturated carbocycles. The molecule has 0 aliphatic heterocycles. The highest BCUT2D eigenvalue weighted by atomic mass is 16.2. The number of hydrogen-bond acceptors (Lipinski definition) is 3. The van der Waals surface area contributed by atoms with Crippen molar-refractivity contribution in [3.05, 3.63) is 29.8 Å². The standard InChI is InChI=1S/C16H25N3O2/c1-12(20)13-6-8-14(9-7-13)18-15(21)17-10-16(2,3)11-19(4)5/h6-9H,10-11H2,1-5H3,(H2,17,18,21). The number of amides is 2. The van der Waals surface area contributed by atoms with Gasteiger partial charge in [-0.05, 0) is 50.7 Å². The largest absolute Gasteiger partial charge is 0.337 e. The van der Waals surface area contributed by atoms with E-state index >= 15 is 0 Å². The average Bonchev–Trinajstić information content (AvgIpc) is 2.36. The van der Waals surface area contributed by atoms with E-state index in [1.54, 1.807) is 24.3 Å². The molecule has 0 aromatic heterocycles. The molecule has 0 saturated heterocycles. The van der Waals surface area contributed by atoms with E-state index in [2.05, 4.69) is 29.4 Å². The molecule has 0 fully saturated rings. The van der Waals surface area contributed by atoms with Crippen molar-refractivity contribution < 1.29 is 9.59 Å². The summed E-state index contributed by atoms with van der Waals surface area (Å²) in [6.07, 6.45) is 0. The van der Waals surface area contributed by atoms with Crippen molar-refractivity contribution in [1.29, 1.82) is 0 Å². The summed E-state index contributed by atoms with van der Waals surface area (Å²) < 4.78 is 0. The van der Waals surface area contributed by atoms with Gasteiger partial charge in [0.1, 0.15) is 0 Å². The topological polar surface area (TPSA) is 61.4 Å². The lowest BCUT2D eigenvalue weighted by Gasteiger charge is -2.28. The van der Waals surface area contributed by atoms with Crippen molar-refractivity contribution in [1.82, 2.24) is 10.2 Å². The number of hydrogen-bond donors (Lipinski definition) is 2. The number of carbonyl (C=O) groups excluding carboxylic acids is 2. The smallest absolute Gasteiger partial charge is 0.319 e. The second-order valence-corrected chi connectivity index (χ2v) is 6.34. The monoisotopic (exact) mass is 291 g/mol. The Bertz CT molecular complexity index is 493. The van der Waals surface area contributed by atoms with Gasteiger partial charge in [0.05, 0.1) is 0 Å². The minimum absolute atomic E-state index is 0.000667. The Hall–Kier alpha value is -1.88. The molecule has 5 heteroatoms. The van der Waals surface area contributed by atoms with Crippen LogP contribution in [-0.4, -0.2) is 43.9 Å². The Morgan fingerprint density at radius 1 is 1.14 bits per heavy atom. The quantitative estimate of drug-likeness (QED) is 0.792. The summed E-state index contributed by atoms with van der Waals surface area (Å²) >= 11 is 0. The van der Waals surface area contributed by atoms with E-state index in [4.69, 9.17) is 0 Å². The van der Waals surface area contributed by atoms with Gasteiger partial charge in [0.15, 0.2) is 5.78 Å². The second kappa shape index (κ2) is 7.22. The molecule has 21 heavy (non-hydrogen) atoms. The molecule has 116 valence electrons. The lowest BCUT2D eigenvalue weighted by molar-refractivity contribution is 0.101. The molecule has 0 spiro atoms. The minimum atomic E-state index is -0.239. The molecular formula is C16H25N3O2. The van der Waals surface area contributed by atoms with E-state index < -0.39 is 0 Å². The molecule has 0 radical (unpaired) electrons. The average molecular weight is 291 g/mol. The zero-order valence-corrected chi connectivity index (χ0v) is 13.5. The van der Waals surface area contributed by atoms with Crippen LogP contribution in [0.2, 0.25) is 0 Å².